The maximum absolute atomic E-state index is 2.80. The topological polar surface area (TPSA) is 0 Å². The minimum Gasteiger partial charge on any atom is -0.0833 e. The van der Waals surface area contributed by atoms with Gasteiger partial charge in [0.1, 0.15) is 0 Å². The highest BCUT2D eigenvalue weighted by molar-refractivity contribution is 5.86. The minimum atomic E-state index is -1.25. The SMILES string of the molecule is C1=CCC2(c3ccccc3)C(=C1)C=C1C(c3ccccc3)(c3ccccc3)C(c3ccccc3)(c3ccccc3)C(c3ccccc3)(c3ccccc3)C(c3ccccc3)(c3ccccc3)C1(c1ccccc1)C2(c1ccccc1)c1ccccc1. The molecule has 0 aliphatic heterocycles. The quantitative estimate of drug-likeness (QED) is 0.114. The molecule has 0 aromatic heterocycles. The van der Waals surface area contributed by atoms with E-state index >= 15 is 0 Å². The maximum Gasteiger partial charge on any atom is 0.0573 e. The van der Waals surface area contributed by atoms with Gasteiger partial charge in [-0.3, -0.25) is 0 Å². The maximum atomic E-state index is 2.80. The summed E-state index contributed by atoms with van der Waals surface area (Å²) in [5, 5.41) is 0. The lowest BCUT2D eigenvalue weighted by Crippen LogP contribution is -2.86. The summed E-state index contributed by atoms with van der Waals surface area (Å²) in [6, 6.07) is 142. The predicted octanol–water partition coefficient (Wildman–Crippen LogP) is 19.6. The van der Waals surface area contributed by atoms with Crippen LogP contribution in [0.1, 0.15) is 73.2 Å². The Morgan fingerprint density at radius 1 is 0.198 bits per heavy atom. The molecule has 0 heterocycles. The van der Waals surface area contributed by atoms with Crippen molar-refractivity contribution in [2.24, 2.45) is 0 Å². The molecule has 86 heavy (non-hydrogen) atoms. The zero-order valence-electron chi connectivity index (χ0n) is 48.2. The Labute approximate surface area is 507 Å². The van der Waals surface area contributed by atoms with Gasteiger partial charge in [-0.2, -0.15) is 0 Å². The summed E-state index contributed by atoms with van der Waals surface area (Å²) in [5.74, 6) is 0. The molecule has 0 heteroatoms. The van der Waals surface area contributed by atoms with E-state index in [9.17, 15) is 0 Å². The second-order valence-corrected chi connectivity index (χ2v) is 23.6. The van der Waals surface area contributed by atoms with E-state index in [0.717, 1.165) is 0 Å². The second-order valence-electron chi connectivity index (χ2n) is 23.6. The Balaban J connectivity index is 1.45. The Morgan fingerprint density at radius 3 is 0.709 bits per heavy atom. The van der Waals surface area contributed by atoms with Gasteiger partial charge < -0.3 is 0 Å². The Kier molecular flexibility index (Phi) is 13.0. The molecule has 3 aliphatic rings. The lowest BCUT2D eigenvalue weighted by Gasteiger charge is -2.83. The first-order valence-electron chi connectivity index (χ1n) is 30.5. The first kappa shape index (κ1) is 52.6. The van der Waals surface area contributed by atoms with Crippen LogP contribution in [0.3, 0.4) is 0 Å². The molecule has 0 radical (unpaired) electrons. The first-order valence-corrected chi connectivity index (χ1v) is 30.5. The summed E-state index contributed by atoms with van der Waals surface area (Å²) in [4.78, 5) is 0. The predicted molar refractivity (Wildman–Crippen MR) is 354 cm³/mol. The largest absolute Gasteiger partial charge is 0.0833 e. The van der Waals surface area contributed by atoms with Crippen LogP contribution in [-0.2, 0) is 37.9 Å². The number of fused-ring (bicyclic) bond motifs is 2. The van der Waals surface area contributed by atoms with E-state index in [1.165, 1.54) is 77.9 Å². The lowest BCUT2D eigenvalue weighted by atomic mass is 9.16. The Bertz CT molecular complexity index is 4160. The smallest absolute Gasteiger partial charge is 0.0573 e. The van der Waals surface area contributed by atoms with Crippen molar-refractivity contribution in [2.45, 2.75) is 44.3 Å². The van der Waals surface area contributed by atoms with Crippen LogP contribution in [0.2, 0.25) is 0 Å². The molecule has 3 aliphatic carbocycles. The van der Waals surface area contributed by atoms with E-state index in [-0.39, 0.29) is 0 Å². The molecule has 2 unspecified atom stereocenters. The van der Waals surface area contributed by atoms with Crippen LogP contribution in [-0.4, -0.2) is 0 Å². The van der Waals surface area contributed by atoms with E-state index in [1.54, 1.807) is 0 Å². The molecule has 2 atom stereocenters. The molecule has 1 fully saturated rings. The van der Waals surface area contributed by atoms with E-state index in [2.05, 4.69) is 388 Å². The summed E-state index contributed by atoms with van der Waals surface area (Å²) in [6.07, 6.45) is 10.8. The van der Waals surface area contributed by atoms with Crippen molar-refractivity contribution >= 4 is 0 Å². The number of rotatable bonds is 12. The van der Waals surface area contributed by atoms with Crippen molar-refractivity contribution in [2.75, 3.05) is 0 Å². The summed E-state index contributed by atoms with van der Waals surface area (Å²) < 4.78 is 0. The number of allylic oxidation sites excluding steroid dienone is 6. The summed E-state index contributed by atoms with van der Waals surface area (Å²) in [7, 11) is 0. The molecule has 15 rings (SSSR count). The van der Waals surface area contributed by atoms with Crippen LogP contribution in [0.4, 0.5) is 0 Å². The minimum absolute atomic E-state index is 0.695. The fourth-order valence-corrected chi connectivity index (χ4v) is 18.4. The van der Waals surface area contributed by atoms with Gasteiger partial charge in [0.05, 0.1) is 16.2 Å². The molecule has 0 nitrogen and oxygen atoms in total. The molecule has 12 aromatic rings. The number of hydrogen-bond acceptors (Lipinski definition) is 0. The van der Waals surface area contributed by atoms with Gasteiger partial charge in [0, 0.05) is 21.7 Å². The monoisotopic (exact) mass is 1100 g/mol. The van der Waals surface area contributed by atoms with Crippen molar-refractivity contribution < 1.29 is 0 Å². The summed E-state index contributed by atoms with van der Waals surface area (Å²) in [6.45, 7) is 0. The molecule has 0 bridgehead atoms. The Morgan fingerprint density at radius 2 is 0.419 bits per heavy atom. The average Bonchev–Trinajstić information content (AvgIpc) is 0.600. The van der Waals surface area contributed by atoms with Crippen LogP contribution in [0, 0.1) is 0 Å². The standard InChI is InChI=1S/C86H66/c1-13-39-66(40-14-1)80-64-38-37-63-78(80)65-79-81(67-41-15-2-16-42-67,68-43-17-3-18-44-68)83(71-49-23-6-24-50-71,72-51-25-7-26-52-72)84(73-53-27-8-28-54-73,74-55-29-9-30-56-74)85(75-57-31-10-32-58-75,76-59-33-11-34-60-76)86(79,77-61-35-12-36-62-77)82(80,69-45-19-4-20-46-69)70-47-21-5-22-48-70/h1-63,65H,64H2. The van der Waals surface area contributed by atoms with Crippen LogP contribution in [0.25, 0.3) is 0 Å². The number of benzene rings is 12. The van der Waals surface area contributed by atoms with Crippen molar-refractivity contribution in [3.63, 3.8) is 0 Å². The van der Waals surface area contributed by atoms with E-state index in [1.807, 2.05) is 0 Å². The normalized spacial score (nSPS) is 20.0. The third kappa shape index (κ3) is 6.70. The fraction of sp³-hybridized carbons (Fsp3) is 0.0930. The molecular formula is C86H66. The fourth-order valence-electron chi connectivity index (χ4n) is 18.4. The van der Waals surface area contributed by atoms with E-state index in [4.69, 9.17) is 0 Å². The third-order valence-corrected chi connectivity index (χ3v) is 20.4. The highest BCUT2D eigenvalue weighted by Crippen LogP contribution is 2.88. The summed E-state index contributed by atoms with van der Waals surface area (Å²) >= 11 is 0. The van der Waals surface area contributed by atoms with Gasteiger partial charge in [-0.25, -0.2) is 0 Å². The van der Waals surface area contributed by atoms with Crippen LogP contribution in [0.5, 0.6) is 0 Å². The van der Waals surface area contributed by atoms with Gasteiger partial charge in [-0.1, -0.05) is 388 Å². The highest BCUT2D eigenvalue weighted by atomic mass is 14.9. The second kappa shape index (κ2) is 21.2. The molecule has 0 amide bonds. The lowest BCUT2D eigenvalue weighted by molar-refractivity contribution is -0.0214. The zero-order chi connectivity index (χ0) is 57.5. The average molecular weight is 1100 g/mol. The van der Waals surface area contributed by atoms with Crippen LogP contribution in [0.15, 0.2) is 399 Å². The van der Waals surface area contributed by atoms with Crippen molar-refractivity contribution in [3.8, 4) is 0 Å². The first-order chi connectivity index (χ1) is 42.7. The molecule has 410 valence electrons. The van der Waals surface area contributed by atoms with Gasteiger partial charge >= 0.3 is 0 Å². The molecule has 1 saturated carbocycles. The Hall–Kier alpha value is -10.1. The zero-order valence-corrected chi connectivity index (χ0v) is 48.2. The molecule has 0 N–H and O–H groups in total. The molecule has 0 spiro atoms. The third-order valence-electron chi connectivity index (χ3n) is 20.4. The molecule has 0 saturated heterocycles. The van der Waals surface area contributed by atoms with Gasteiger partial charge in [0.15, 0.2) is 0 Å². The van der Waals surface area contributed by atoms with Gasteiger partial charge in [-0.05, 0) is 84.3 Å². The number of hydrogen-bond donors (Lipinski definition) is 0. The molecule has 12 aromatic carbocycles. The van der Waals surface area contributed by atoms with Gasteiger partial charge in [0.25, 0.3) is 0 Å². The molecular weight excluding hydrogens is 1030 g/mol. The van der Waals surface area contributed by atoms with Crippen molar-refractivity contribution in [1.82, 2.24) is 0 Å². The highest BCUT2D eigenvalue weighted by Gasteiger charge is 2.90. The summed E-state index contributed by atoms with van der Waals surface area (Å²) in [5.41, 5.74) is 8.90. The van der Waals surface area contributed by atoms with Crippen molar-refractivity contribution in [1.29, 1.82) is 0 Å². The van der Waals surface area contributed by atoms with Crippen LogP contribution < -0.4 is 0 Å². The van der Waals surface area contributed by atoms with Gasteiger partial charge in [0.2, 0.25) is 0 Å². The van der Waals surface area contributed by atoms with Crippen LogP contribution >= 0.6 is 0 Å². The van der Waals surface area contributed by atoms with E-state index < -0.39 is 37.9 Å². The van der Waals surface area contributed by atoms with Gasteiger partial charge in [-0.15, -0.1) is 0 Å². The van der Waals surface area contributed by atoms with Crippen molar-refractivity contribution in [3.05, 3.63) is 466 Å². The van der Waals surface area contributed by atoms with E-state index in [0.29, 0.717) is 6.42 Å².